The van der Waals surface area contributed by atoms with E-state index in [0.717, 1.165) is 23.5 Å². The summed E-state index contributed by atoms with van der Waals surface area (Å²) in [5.41, 5.74) is 1.31. The van der Waals surface area contributed by atoms with Crippen molar-refractivity contribution in [3.05, 3.63) is 50.5 Å². The maximum atomic E-state index is 12.0. The molecule has 104 valence electrons. The largest absolute Gasteiger partial charge is 0.348 e. The Morgan fingerprint density at radius 3 is 2.90 bits per heavy atom. The summed E-state index contributed by atoms with van der Waals surface area (Å²) in [5.74, 6) is -0.535. The quantitative estimate of drug-likeness (QED) is 0.505. The minimum atomic E-state index is -0.639. The molecule has 0 saturated heterocycles. The van der Waals surface area contributed by atoms with Crippen molar-refractivity contribution in [1.82, 2.24) is 20.5 Å². The monoisotopic (exact) mass is 295 g/mol. The molecule has 2 rings (SSSR count). The fourth-order valence-corrected chi connectivity index (χ4v) is 1.71. The van der Waals surface area contributed by atoms with Crippen molar-refractivity contribution < 1.29 is 9.72 Å². The second kappa shape index (κ2) is 5.66. The lowest BCUT2D eigenvalue weighted by atomic mass is 10.2. The van der Waals surface area contributed by atoms with Crippen LogP contribution in [0.5, 0.6) is 0 Å². The zero-order chi connectivity index (χ0) is 14.7. The highest BCUT2D eigenvalue weighted by atomic mass is 35.5. The number of halogens is 1. The molecule has 9 heteroatoms. The van der Waals surface area contributed by atoms with Crippen LogP contribution in [0.15, 0.2) is 18.5 Å². The number of nitrogens with zero attached hydrogens (tertiary/aromatic N) is 3. The number of hydrogen-bond acceptors (Lipinski definition) is 5. The van der Waals surface area contributed by atoms with Gasteiger partial charge >= 0.3 is 0 Å². The van der Waals surface area contributed by atoms with Crippen molar-refractivity contribution in [2.24, 2.45) is 0 Å². The summed E-state index contributed by atoms with van der Waals surface area (Å²) in [6.45, 7) is 2.05. The van der Waals surface area contributed by atoms with Gasteiger partial charge in [0.15, 0.2) is 0 Å². The SMILES string of the molecule is Cc1[nH]ncc1CNC(=O)c1cc([N+](=O)[O-])cnc1Cl. The van der Waals surface area contributed by atoms with Gasteiger partial charge < -0.3 is 5.32 Å². The van der Waals surface area contributed by atoms with Crippen LogP contribution < -0.4 is 5.32 Å². The van der Waals surface area contributed by atoms with Gasteiger partial charge in [0.05, 0.1) is 16.7 Å². The summed E-state index contributed by atoms with van der Waals surface area (Å²) < 4.78 is 0. The molecule has 0 aliphatic carbocycles. The van der Waals surface area contributed by atoms with Crippen LogP contribution >= 0.6 is 11.6 Å². The third-order valence-electron chi connectivity index (χ3n) is 2.65. The molecule has 0 atom stereocenters. The van der Waals surface area contributed by atoms with E-state index in [9.17, 15) is 14.9 Å². The first-order chi connectivity index (χ1) is 9.49. The predicted octanol–water partition coefficient (Wildman–Crippen LogP) is 1.60. The highest BCUT2D eigenvalue weighted by Gasteiger charge is 2.17. The third kappa shape index (κ3) is 2.91. The number of aromatic amines is 1. The first-order valence-corrected chi connectivity index (χ1v) is 5.94. The number of amides is 1. The molecule has 0 aliphatic heterocycles. The van der Waals surface area contributed by atoms with Crippen molar-refractivity contribution in [1.29, 1.82) is 0 Å². The lowest BCUT2D eigenvalue weighted by Gasteiger charge is -2.05. The summed E-state index contributed by atoms with van der Waals surface area (Å²) in [6.07, 6.45) is 2.59. The zero-order valence-electron chi connectivity index (χ0n) is 10.4. The molecule has 2 N–H and O–H groups in total. The number of pyridine rings is 1. The molecule has 8 nitrogen and oxygen atoms in total. The van der Waals surface area contributed by atoms with Gasteiger partial charge in [-0.1, -0.05) is 11.6 Å². The standard InChI is InChI=1S/C11H10ClN5O3/c1-6-7(4-15-16-6)3-14-11(18)9-2-8(17(19)20)5-13-10(9)12/h2,4-5H,3H2,1H3,(H,14,18)(H,15,16). The lowest BCUT2D eigenvalue weighted by Crippen LogP contribution is -2.23. The number of nitrogens with one attached hydrogen (secondary N) is 2. The third-order valence-corrected chi connectivity index (χ3v) is 2.95. The van der Waals surface area contributed by atoms with Crippen LogP contribution in [0.2, 0.25) is 5.15 Å². The average Bonchev–Trinajstić information content (AvgIpc) is 2.81. The maximum absolute atomic E-state index is 12.0. The van der Waals surface area contributed by atoms with E-state index in [2.05, 4.69) is 20.5 Å². The van der Waals surface area contributed by atoms with Crippen LogP contribution in [-0.2, 0) is 6.54 Å². The Labute approximate surface area is 118 Å². The summed E-state index contributed by atoms with van der Waals surface area (Å²) in [7, 11) is 0. The normalized spacial score (nSPS) is 10.3. The Kier molecular flexibility index (Phi) is 3.94. The first kappa shape index (κ1) is 13.9. The highest BCUT2D eigenvalue weighted by Crippen LogP contribution is 2.19. The number of nitro groups is 1. The molecule has 0 saturated carbocycles. The number of aryl methyl sites for hydroxylation is 1. The van der Waals surface area contributed by atoms with Crippen molar-refractivity contribution in [3.8, 4) is 0 Å². The van der Waals surface area contributed by atoms with Gasteiger partial charge in [-0.25, -0.2) is 4.98 Å². The number of rotatable bonds is 4. The fraction of sp³-hybridized carbons (Fsp3) is 0.182. The van der Waals surface area contributed by atoms with E-state index in [1.165, 1.54) is 0 Å². The van der Waals surface area contributed by atoms with Gasteiger partial charge in [0.25, 0.3) is 11.6 Å². The molecule has 0 aromatic carbocycles. The number of H-pyrrole nitrogens is 1. The van der Waals surface area contributed by atoms with Crippen molar-refractivity contribution in [3.63, 3.8) is 0 Å². The van der Waals surface area contributed by atoms with E-state index in [-0.39, 0.29) is 22.9 Å². The first-order valence-electron chi connectivity index (χ1n) is 5.56. The van der Waals surface area contributed by atoms with Gasteiger partial charge in [0, 0.05) is 23.9 Å². The van der Waals surface area contributed by atoms with E-state index in [0.29, 0.717) is 0 Å². The number of aromatic nitrogens is 3. The Balaban J connectivity index is 2.15. The molecule has 2 aromatic rings. The van der Waals surface area contributed by atoms with Crippen LogP contribution in [0.1, 0.15) is 21.6 Å². The Morgan fingerprint density at radius 2 is 2.30 bits per heavy atom. The van der Waals surface area contributed by atoms with Crippen molar-refractivity contribution in [2.45, 2.75) is 13.5 Å². The molecule has 0 unspecified atom stereocenters. The summed E-state index contributed by atoms with van der Waals surface area (Å²) in [6, 6.07) is 1.09. The van der Waals surface area contributed by atoms with E-state index < -0.39 is 10.8 Å². The van der Waals surface area contributed by atoms with Crippen LogP contribution in [0, 0.1) is 17.0 Å². The minimum absolute atomic E-state index is 0.0398. The van der Waals surface area contributed by atoms with Crippen LogP contribution in [-0.4, -0.2) is 26.0 Å². The van der Waals surface area contributed by atoms with Crippen molar-refractivity contribution in [2.75, 3.05) is 0 Å². The Morgan fingerprint density at radius 1 is 1.55 bits per heavy atom. The van der Waals surface area contributed by atoms with Gasteiger partial charge in [0.1, 0.15) is 11.3 Å². The fourth-order valence-electron chi connectivity index (χ4n) is 1.52. The van der Waals surface area contributed by atoms with Gasteiger partial charge in [-0.15, -0.1) is 0 Å². The van der Waals surface area contributed by atoms with E-state index in [1.54, 1.807) is 6.20 Å². The summed E-state index contributed by atoms with van der Waals surface area (Å²) in [5, 5.41) is 19.7. The van der Waals surface area contributed by atoms with E-state index >= 15 is 0 Å². The summed E-state index contributed by atoms with van der Waals surface area (Å²) in [4.78, 5) is 25.6. The molecular weight excluding hydrogens is 286 g/mol. The van der Waals surface area contributed by atoms with E-state index in [1.807, 2.05) is 6.92 Å². The maximum Gasteiger partial charge on any atom is 0.288 e. The Bertz CT molecular complexity index is 670. The number of carbonyl (C=O) groups is 1. The average molecular weight is 296 g/mol. The summed E-state index contributed by atoms with van der Waals surface area (Å²) >= 11 is 5.77. The molecule has 2 heterocycles. The van der Waals surface area contributed by atoms with Gasteiger partial charge in [-0.05, 0) is 6.92 Å². The molecule has 20 heavy (non-hydrogen) atoms. The molecule has 0 radical (unpaired) electrons. The predicted molar refractivity (Wildman–Crippen MR) is 70.4 cm³/mol. The van der Waals surface area contributed by atoms with Crippen LogP contribution in [0.25, 0.3) is 0 Å². The highest BCUT2D eigenvalue weighted by molar-refractivity contribution is 6.32. The zero-order valence-corrected chi connectivity index (χ0v) is 11.1. The van der Waals surface area contributed by atoms with Crippen LogP contribution in [0.3, 0.4) is 0 Å². The lowest BCUT2D eigenvalue weighted by molar-refractivity contribution is -0.385. The topological polar surface area (TPSA) is 114 Å². The van der Waals surface area contributed by atoms with Gasteiger partial charge in [-0.3, -0.25) is 20.0 Å². The number of carbonyl (C=O) groups excluding carboxylic acids is 1. The Hall–Kier alpha value is -2.48. The molecule has 0 bridgehead atoms. The molecule has 0 spiro atoms. The molecule has 0 fully saturated rings. The second-order valence-electron chi connectivity index (χ2n) is 3.99. The smallest absolute Gasteiger partial charge is 0.288 e. The van der Waals surface area contributed by atoms with E-state index in [4.69, 9.17) is 11.6 Å². The molecule has 1 amide bonds. The minimum Gasteiger partial charge on any atom is -0.348 e. The molecule has 0 aliphatic rings. The molecule has 2 aromatic heterocycles. The van der Waals surface area contributed by atoms with Crippen molar-refractivity contribution >= 4 is 23.2 Å². The molecular formula is C11H10ClN5O3. The van der Waals surface area contributed by atoms with Crippen LogP contribution in [0.4, 0.5) is 5.69 Å². The van der Waals surface area contributed by atoms with Gasteiger partial charge in [-0.2, -0.15) is 5.10 Å². The second-order valence-corrected chi connectivity index (χ2v) is 4.35. The van der Waals surface area contributed by atoms with Gasteiger partial charge in [0.2, 0.25) is 0 Å². The number of hydrogen-bond donors (Lipinski definition) is 2.